The first kappa shape index (κ1) is 22.3. The minimum Gasteiger partial charge on any atom is -0.343 e. The van der Waals surface area contributed by atoms with Gasteiger partial charge in [0.25, 0.3) is 0 Å². The zero-order valence-corrected chi connectivity index (χ0v) is 19.5. The molecule has 1 saturated heterocycles. The number of amides is 1. The molecule has 4 rings (SSSR count). The van der Waals surface area contributed by atoms with Crippen LogP contribution in [0.5, 0.6) is 0 Å². The van der Waals surface area contributed by atoms with Crippen LogP contribution in [0.3, 0.4) is 0 Å². The zero-order chi connectivity index (χ0) is 22.0. The lowest BCUT2D eigenvalue weighted by atomic mass is 10.1. The third-order valence-electron chi connectivity index (χ3n) is 5.12. The summed E-state index contributed by atoms with van der Waals surface area (Å²) in [6.45, 7) is 2.16. The van der Waals surface area contributed by atoms with Gasteiger partial charge in [-0.3, -0.25) is 4.79 Å². The molecule has 1 aliphatic heterocycles. The van der Waals surface area contributed by atoms with Gasteiger partial charge in [0.05, 0.1) is 26.4 Å². The quantitative estimate of drug-likeness (QED) is 0.379. The molecule has 1 aliphatic rings. The van der Waals surface area contributed by atoms with Crippen molar-refractivity contribution < 1.29 is 9.18 Å². The first-order chi connectivity index (χ1) is 14.9. The second kappa shape index (κ2) is 9.74. The monoisotopic (exact) mass is 497 g/mol. The third kappa shape index (κ3) is 5.14. The van der Waals surface area contributed by atoms with Gasteiger partial charge in [-0.05, 0) is 37.1 Å². The van der Waals surface area contributed by atoms with Gasteiger partial charge in [0.15, 0.2) is 4.80 Å². The van der Waals surface area contributed by atoms with E-state index in [0.717, 1.165) is 35.4 Å². The molecule has 1 fully saturated rings. The van der Waals surface area contributed by atoms with E-state index in [4.69, 9.17) is 34.8 Å². The highest BCUT2D eigenvalue weighted by Gasteiger charge is 2.19. The molecule has 2 heterocycles. The average Bonchev–Trinajstić information content (AvgIpc) is 3.33. The van der Waals surface area contributed by atoms with Gasteiger partial charge in [-0.1, -0.05) is 40.9 Å². The summed E-state index contributed by atoms with van der Waals surface area (Å²) < 4.78 is 16.0. The van der Waals surface area contributed by atoms with Crippen LogP contribution < -0.4 is 4.80 Å². The van der Waals surface area contributed by atoms with Crippen molar-refractivity contribution in [1.82, 2.24) is 9.47 Å². The van der Waals surface area contributed by atoms with E-state index in [1.54, 1.807) is 12.1 Å². The SMILES string of the molecule is O=C1CCCN1CCCn1c(-c2ccc(Cl)c(Cl)c2)csc1=Nc1ccc(Cl)c(F)c1. The van der Waals surface area contributed by atoms with E-state index in [-0.39, 0.29) is 10.9 Å². The Morgan fingerprint density at radius 1 is 1.03 bits per heavy atom. The van der Waals surface area contributed by atoms with Crippen molar-refractivity contribution in [1.29, 1.82) is 0 Å². The molecular weight excluding hydrogens is 480 g/mol. The molecular formula is C22H19Cl3FN3OS. The third-order valence-corrected chi connectivity index (χ3v) is 7.03. The Hall–Kier alpha value is -1.86. The fourth-order valence-electron chi connectivity index (χ4n) is 3.55. The molecule has 0 aliphatic carbocycles. The number of benzene rings is 2. The number of hydrogen-bond donors (Lipinski definition) is 0. The van der Waals surface area contributed by atoms with Gasteiger partial charge in [0.2, 0.25) is 5.91 Å². The molecule has 162 valence electrons. The predicted molar refractivity (Wildman–Crippen MR) is 125 cm³/mol. The van der Waals surface area contributed by atoms with E-state index in [1.807, 2.05) is 22.4 Å². The van der Waals surface area contributed by atoms with Crippen molar-refractivity contribution in [2.24, 2.45) is 4.99 Å². The molecule has 0 bridgehead atoms. The van der Waals surface area contributed by atoms with Gasteiger partial charge < -0.3 is 9.47 Å². The number of halogens is 4. The molecule has 1 amide bonds. The van der Waals surface area contributed by atoms with E-state index in [2.05, 4.69) is 9.56 Å². The molecule has 4 nitrogen and oxygen atoms in total. The Bertz CT molecular complexity index is 1190. The Kier molecular flexibility index (Phi) is 7.02. The maximum Gasteiger partial charge on any atom is 0.222 e. The van der Waals surface area contributed by atoms with Crippen molar-refractivity contribution in [2.45, 2.75) is 25.8 Å². The summed E-state index contributed by atoms with van der Waals surface area (Å²) in [6, 6.07) is 9.97. The lowest BCUT2D eigenvalue weighted by molar-refractivity contribution is -0.127. The fourth-order valence-corrected chi connectivity index (χ4v) is 4.92. The van der Waals surface area contributed by atoms with Crippen molar-refractivity contribution in [3.8, 4) is 11.3 Å². The minimum absolute atomic E-state index is 0.0600. The van der Waals surface area contributed by atoms with Crippen molar-refractivity contribution >= 4 is 57.7 Å². The number of thiazole rings is 1. The number of hydrogen-bond acceptors (Lipinski definition) is 3. The first-order valence-corrected chi connectivity index (χ1v) is 11.8. The lowest BCUT2D eigenvalue weighted by Crippen LogP contribution is -2.27. The number of aromatic nitrogens is 1. The van der Waals surface area contributed by atoms with E-state index in [9.17, 15) is 9.18 Å². The van der Waals surface area contributed by atoms with Crippen LogP contribution in [0.25, 0.3) is 11.3 Å². The van der Waals surface area contributed by atoms with Gasteiger partial charge in [-0.15, -0.1) is 11.3 Å². The van der Waals surface area contributed by atoms with E-state index in [0.29, 0.717) is 35.2 Å². The number of carbonyl (C=O) groups is 1. The predicted octanol–water partition coefficient (Wildman–Crippen LogP) is 6.56. The van der Waals surface area contributed by atoms with Crippen molar-refractivity contribution in [2.75, 3.05) is 13.1 Å². The highest BCUT2D eigenvalue weighted by atomic mass is 35.5. The van der Waals surface area contributed by atoms with Crippen LogP contribution in [0.2, 0.25) is 15.1 Å². The molecule has 9 heteroatoms. The Labute approximate surface area is 198 Å². The van der Waals surface area contributed by atoms with Crippen LogP contribution in [0.1, 0.15) is 19.3 Å². The Morgan fingerprint density at radius 3 is 2.55 bits per heavy atom. The topological polar surface area (TPSA) is 37.6 Å². The normalized spacial score (nSPS) is 14.6. The summed E-state index contributed by atoms with van der Waals surface area (Å²) in [5.41, 5.74) is 2.32. The number of nitrogens with zero attached hydrogens (tertiary/aromatic N) is 3. The number of carbonyl (C=O) groups excluding carboxylic acids is 1. The van der Waals surface area contributed by atoms with Crippen LogP contribution in [0.15, 0.2) is 46.8 Å². The average molecular weight is 499 g/mol. The maximum absolute atomic E-state index is 13.9. The summed E-state index contributed by atoms with van der Waals surface area (Å²) in [4.78, 5) is 19.2. The van der Waals surface area contributed by atoms with Gasteiger partial charge >= 0.3 is 0 Å². The molecule has 0 unspecified atom stereocenters. The highest BCUT2D eigenvalue weighted by Crippen LogP contribution is 2.29. The summed E-state index contributed by atoms with van der Waals surface area (Å²) in [6.07, 6.45) is 2.32. The molecule has 1 aromatic heterocycles. The first-order valence-electron chi connectivity index (χ1n) is 9.83. The smallest absolute Gasteiger partial charge is 0.222 e. The molecule has 0 radical (unpaired) electrons. The number of likely N-dealkylation sites (tertiary alicyclic amines) is 1. The minimum atomic E-state index is -0.511. The highest BCUT2D eigenvalue weighted by molar-refractivity contribution is 7.07. The van der Waals surface area contributed by atoms with Crippen LogP contribution in [-0.4, -0.2) is 28.5 Å². The van der Waals surface area contributed by atoms with E-state index < -0.39 is 5.82 Å². The Balaban J connectivity index is 1.69. The lowest BCUT2D eigenvalue weighted by Gasteiger charge is -2.16. The Morgan fingerprint density at radius 2 is 1.84 bits per heavy atom. The molecule has 2 aromatic carbocycles. The molecule has 0 N–H and O–H groups in total. The molecule has 3 aromatic rings. The van der Waals surface area contributed by atoms with Crippen LogP contribution in [-0.2, 0) is 11.3 Å². The standard InChI is InChI=1S/C22H19Cl3FN3OS/c23-16-6-4-14(11-18(16)25)20-13-31-22(27-15-5-7-17(24)19(26)12-15)29(20)10-2-9-28-8-1-3-21(28)30/h4-7,11-13H,1-3,8-10H2. The largest absolute Gasteiger partial charge is 0.343 e. The molecule has 0 spiro atoms. The van der Waals surface area contributed by atoms with Crippen LogP contribution in [0.4, 0.5) is 10.1 Å². The second-order valence-corrected chi connectivity index (χ2v) is 9.29. The number of rotatable bonds is 6. The van der Waals surface area contributed by atoms with Crippen molar-refractivity contribution in [3.05, 3.63) is 67.5 Å². The second-order valence-electron chi connectivity index (χ2n) is 7.23. The summed E-state index contributed by atoms with van der Waals surface area (Å²) in [5, 5.41) is 3.01. The zero-order valence-electron chi connectivity index (χ0n) is 16.5. The fraction of sp³-hybridized carbons (Fsp3) is 0.273. The summed E-state index contributed by atoms with van der Waals surface area (Å²) >= 11 is 19.6. The van der Waals surface area contributed by atoms with Crippen LogP contribution in [0, 0.1) is 5.82 Å². The summed E-state index contributed by atoms with van der Waals surface area (Å²) in [7, 11) is 0. The molecule has 0 atom stereocenters. The maximum atomic E-state index is 13.9. The van der Waals surface area contributed by atoms with Gasteiger partial charge in [0, 0.05) is 43.1 Å². The summed E-state index contributed by atoms with van der Waals surface area (Å²) in [5.74, 6) is -0.301. The van der Waals surface area contributed by atoms with Crippen LogP contribution >= 0.6 is 46.1 Å². The van der Waals surface area contributed by atoms with E-state index >= 15 is 0 Å². The molecule has 0 saturated carbocycles. The van der Waals surface area contributed by atoms with Crippen molar-refractivity contribution in [3.63, 3.8) is 0 Å². The van der Waals surface area contributed by atoms with Gasteiger partial charge in [-0.2, -0.15) is 0 Å². The van der Waals surface area contributed by atoms with Gasteiger partial charge in [-0.25, -0.2) is 9.38 Å². The van der Waals surface area contributed by atoms with E-state index in [1.165, 1.54) is 23.5 Å². The van der Waals surface area contributed by atoms with Gasteiger partial charge in [0.1, 0.15) is 5.82 Å². The molecule has 31 heavy (non-hydrogen) atoms.